The van der Waals surface area contributed by atoms with Crippen LogP contribution < -0.4 is 0 Å². The summed E-state index contributed by atoms with van der Waals surface area (Å²) < 4.78 is 0. The Morgan fingerprint density at radius 2 is 2.05 bits per heavy atom. The fraction of sp³-hybridized carbons (Fsp3) is 0.438. The first-order valence-electron chi connectivity index (χ1n) is 6.78. The molecule has 1 aromatic carbocycles. The van der Waals surface area contributed by atoms with Gasteiger partial charge in [0.15, 0.2) is 0 Å². The Morgan fingerprint density at radius 1 is 1.37 bits per heavy atom. The topological polar surface area (TPSA) is 40.5 Å². The summed E-state index contributed by atoms with van der Waals surface area (Å²) in [6, 6.07) is 6.23. The van der Waals surface area contributed by atoms with Gasteiger partial charge in [0, 0.05) is 12.6 Å². The summed E-state index contributed by atoms with van der Waals surface area (Å²) in [5, 5.41) is 9.23. The number of hydrogen-bond donors (Lipinski definition) is 1. The maximum absolute atomic E-state index is 12.1. The standard InChI is InChI=1S/C16H21NO2/c1-12-8-13(2)10-14(9-12)5-6-16(19)17-7-3-4-15(17)11-18/h5-6,8-10,15,18H,3-4,7,11H2,1-2H3/b6-5+/t15-/m1/s1. The molecule has 3 nitrogen and oxygen atoms in total. The molecule has 19 heavy (non-hydrogen) atoms. The smallest absolute Gasteiger partial charge is 0.246 e. The number of nitrogens with zero attached hydrogens (tertiary/aromatic N) is 1. The summed E-state index contributed by atoms with van der Waals surface area (Å²) in [7, 11) is 0. The Bertz CT molecular complexity index is 473. The average Bonchev–Trinajstić information content (AvgIpc) is 2.83. The van der Waals surface area contributed by atoms with Crippen LogP contribution in [-0.2, 0) is 4.79 Å². The third-order valence-electron chi connectivity index (χ3n) is 3.53. The highest BCUT2D eigenvalue weighted by atomic mass is 16.3. The number of likely N-dealkylation sites (tertiary alicyclic amines) is 1. The van der Waals surface area contributed by atoms with Gasteiger partial charge in [0.1, 0.15) is 0 Å². The van der Waals surface area contributed by atoms with Gasteiger partial charge < -0.3 is 10.0 Å². The lowest BCUT2D eigenvalue weighted by molar-refractivity contribution is -0.127. The number of hydrogen-bond acceptors (Lipinski definition) is 2. The Morgan fingerprint density at radius 3 is 2.68 bits per heavy atom. The molecule has 1 saturated heterocycles. The van der Waals surface area contributed by atoms with E-state index in [1.807, 2.05) is 6.08 Å². The van der Waals surface area contributed by atoms with Crippen LogP contribution in [0.15, 0.2) is 24.3 Å². The molecule has 1 heterocycles. The first-order chi connectivity index (χ1) is 9.10. The number of amides is 1. The summed E-state index contributed by atoms with van der Waals surface area (Å²) in [6.07, 6.45) is 5.35. The van der Waals surface area contributed by atoms with Crippen LogP contribution in [0.25, 0.3) is 6.08 Å². The van der Waals surface area contributed by atoms with Crippen molar-refractivity contribution in [2.45, 2.75) is 32.7 Å². The van der Waals surface area contributed by atoms with Crippen molar-refractivity contribution in [3.05, 3.63) is 41.0 Å². The second kappa shape index (κ2) is 6.02. The first-order valence-corrected chi connectivity index (χ1v) is 6.78. The molecule has 1 N–H and O–H groups in total. The summed E-state index contributed by atoms with van der Waals surface area (Å²) in [5.41, 5.74) is 3.44. The van der Waals surface area contributed by atoms with E-state index < -0.39 is 0 Å². The minimum atomic E-state index is -0.00397. The van der Waals surface area contributed by atoms with Gasteiger partial charge in [-0.05, 0) is 38.3 Å². The molecule has 0 radical (unpaired) electrons. The van der Waals surface area contributed by atoms with Crippen molar-refractivity contribution in [2.24, 2.45) is 0 Å². The van der Waals surface area contributed by atoms with E-state index in [9.17, 15) is 9.90 Å². The van der Waals surface area contributed by atoms with E-state index in [0.29, 0.717) is 0 Å². The summed E-state index contributed by atoms with van der Waals surface area (Å²) in [5.74, 6) is -0.00397. The van der Waals surface area contributed by atoms with Gasteiger partial charge in [-0.3, -0.25) is 4.79 Å². The third kappa shape index (κ3) is 3.44. The second-order valence-corrected chi connectivity index (χ2v) is 5.26. The highest BCUT2D eigenvalue weighted by molar-refractivity contribution is 5.92. The molecule has 0 aliphatic carbocycles. The zero-order valence-electron chi connectivity index (χ0n) is 11.6. The molecule has 3 heteroatoms. The first kappa shape index (κ1) is 13.8. The molecule has 1 aliphatic rings. The van der Waals surface area contributed by atoms with Crippen molar-refractivity contribution in [1.82, 2.24) is 4.90 Å². The Kier molecular flexibility index (Phi) is 4.38. The molecule has 0 bridgehead atoms. The Balaban J connectivity index is 2.07. The van der Waals surface area contributed by atoms with E-state index in [1.54, 1.807) is 11.0 Å². The van der Waals surface area contributed by atoms with Crippen molar-refractivity contribution in [3.63, 3.8) is 0 Å². The largest absolute Gasteiger partial charge is 0.394 e. The van der Waals surface area contributed by atoms with Crippen molar-refractivity contribution >= 4 is 12.0 Å². The van der Waals surface area contributed by atoms with E-state index in [1.165, 1.54) is 11.1 Å². The Labute approximate surface area is 114 Å². The van der Waals surface area contributed by atoms with Crippen molar-refractivity contribution in [2.75, 3.05) is 13.2 Å². The fourth-order valence-electron chi connectivity index (χ4n) is 2.69. The van der Waals surface area contributed by atoms with Gasteiger partial charge in [-0.25, -0.2) is 0 Å². The average molecular weight is 259 g/mol. The zero-order valence-corrected chi connectivity index (χ0v) is 11.6. The number of rotatable bonds is 3. The SMILES string of the molecule is Cc1cc(C)cc(/C=C/C(=O)N2CCC[C@@H]2CO)c1. The molecular weight excluding hydrogens is 238 g/mol. The van der Waals surface area contributed by atoms with E-state index in [0.717, 1.165) is 24.9 Å². The van der Waals surface area contributed by atoms with Gasteiger partial charge in [-0.2, -0.15) is 0 Å². The molecule has 1 atom stereocenters. The molecule has 1 amide bonds. The van der Waals surface area contributed by atoms with Gasteiger partial charge in [0.25, 0.3) is 0 Å². The van der Waals surface area contributed by atoms with Crippen LogP contribution in [0.1, 0.15) is 29.5 Å². The van der Waals surface area contributed by atoms with Gasteiger partial charge in [-0.1, -0.05) is 29.3 Å². The zero-order chi connectivity index (χ0) is 13.8. The number of aliphatic hydroxyl groups excluding tert-OH is 1. The number of carbonyl (C=O) groups excluding carboxylic acids is 1. The van der Waals surface area contributed by atoms with Gasteiger partial charge in [-0.15, -0.1) is 0 Å². The van der Waals surface area contributed by atoms with Crippen molar-refractivity contribution in [3.8, 4) is 0 Å². The van der Waals surface area contributed by atoms with E-state index in [2.05, 4.69) is 32.0 Å². The fourth-order valence-corrected chi connectivity index (χ4v) is 2.69. The number of carbonyl (C=O) groups is 1. The van der Waals surface area contributed by atoms with Crippen LogP contribution in [0.3, 0.4) is 0 Å². The highest BCUT2D eigenvalue weighted by Crippen LogP contribution is 2.17. The highest BCUT2D eigenvalue weighted by Gasteiger charge is 2.26. The molecule has 102 valence electrons. The third-order valence-corrected chi connectivity index (χ3v) is 3.53. The maximum Gasteiger partial charge on any atom is 0.246 e. The number of aryl methyl sites for hydroxylation is 2. The van der Waals surface area contributed by atoms with Crippen LogP contribution >= 0.6 is 0 Å². The number of benzene rings is 1. The van der Waals surface area contributed by atoms with Crippen molar-refractivity contribution in [1.29, 1.82) is 0 Å². The molecule has 0 spiro atoms. The van der Waals surface area contributed by atoms with Gasteiger partial charge in [0.05, 0.1) is 12.6 Å². The maximum atomic E-state index is 12.1. The Hall–Kier alpha value is -1.61. The van der Waals surface area contributed by atoms with E-state index in [4.69, 9.17) is 0 Å². The summed E-state index contributed by atoms with van der Waals surface area (Å²) >= 11 is 0. The minimum absolute atomic E-state index is 0.00334. The van der Waals surface area contributed by atoms with Crippen LogP contribution in [0, 0.1) is 13.8 Å². The lowest BCUT2D eigenvalue weighted by Crippen LogP contribution is -2.36. The van der Waals surface area contributed by atoms with Crippen LogP contribution in [0.4, 0.5) is 0 Å². The summed E-state index contributed by atoms with van der Waals surface area (Å²) in [6.45, 7) is 4.91. The summed E-state index contributed by atoms with van der Waals surface area (Å²) in [4.78, 5) is 13.8. The van der Waals surface area contributed by atoms with Crippen LogP contribution in [-0.4, -0.2) is 35.1 Å². The quantitative estimate of drug-likeness (QED) is 0.846. The van der Waals surface area contributed by atoms with Crippen LogP contribution in [0.5, 0.6) is 0 Å². The van der Waals surface area contributed by atoms with E-state index in [-0.39, 0.29) is 18.6 Å². The molecule has 0 saturated carbocycles. The van der Waals surface area contributed by atoms with E-state index >= 15 is 0 Å². The minimum Gasteiger partial charge on any atom is -0.394 e. The molecular formula is C16H21NO2. The number of aliphatic hydroxyl groups is 1. The molecule has 0 unspecified atom stereocenters. The lowest BCUT2D eigenvalue weighted by Gasteiger charge is -2.21. The molecule has 0 aromatic heterocycles. The molecule has 2 rings (SSSR count). The van der Waals surface area contributed by atoms with Gasteiger partial charge in [0.2, 0.25) is 5.91 Å². The van der Waals surface area contributed by atoms with Crippen molar-refractivity contribution < 1.29 is 9.90 Å². The predicted molar refractivity (Wildman–Crippen MR) is 76.8 cm³/mol. The normalized spacial score (nSPS) is 19.3. The van der Waals surface area contributed by atoms with Gasteiger partial charge >= 0.3 is 0 Å². The molecule has 1 aliphatic heterocycles. The lowest BCUT2D eigenvalue weighted by atomic mass is 10.1. The monoisotopic (exact) mass is 259 g/mol. The second-order valence-electron chi connectivity index (χ2n) is 5.26. The van der Waals surface area contributed by atoms with Crippen LogP contribution in [0.2, 0.25) is 0 Å². The molecule has 1 aromatic rings. The molecule has 1 fully saturated rings. The predicted octanol–water partition coefficient (Wildman–Crippen LogP) is 2.30.